The van der Waals surface area contributed by atoms with Crippen molar-refractivity contribution in [2.24, 2.45) is 0 Å². The van der Waals surface area contributed by atoms with Gasteiger partial charge in [-0.2, -0.15) is 0 Å². The first-order valence-corrected chi connectivity index (χ1v) is 6.94. The number of carbonyl (C=O) groups is 2. The lowest BCUT2D eigenvalue weighted by Gasteiger charge is -2.21. The third-order valence-corrected chi connectivity index (χ3v) is 2.93. The summed E-state index contributed by atoms with van der Waals surface area (Å²) in [7, 11) is 2.58. The number of alkyl halides is 3. The van der Waals surface area contributed by atoms with Gasteiger partial charge in [0, 0.05) is 12.7 Å². The molecule has 0 aliphatic heterocycles. The van der Waals surface area contributed by atoms with Gasteiger partial charge < -0.3 is 20.9 Å². The molecule has 0 bridgehead atoms. The largest absolute Gasteiger partial charge is 0.465 e. The summed E-state index contributed by atoms with van der Waals surface area (Å²) < 4.78 is 7.68. The van der Waals surface area contributed by atoms with Gasteiger partial charge in [-0.3, -0.25) is 4.90 Å². The monoisotopic (exact) mass is 369 g/mol. The first-order valence-electron chi connectivity index (χ1n) is 5.81. The Balaban J connectivity index is 3.04. The number of carbonyl (C=O) groups excluding carboxylic acids is 2. The van der Waals surface area contributed by atoms with Crippen LogP contribution in [0.2, 0.25) is 0 Å². The molecule has 0 aromatic heterocycles. The molecule has 0 aliphatic rings. The van der Waals surface area contributed by atoms with Crippen molar-refractivity contribution in [2.75, 3.05) is 37.1 Å². The third-order valence-electron chi connectivity index (χ3n) is 2.60. The number of anilines is 3. The minimum absolute atomic E-state index is 0.0627. The summed E-state index contributed by atoms with van der Waals surface area (Å²) in [5.74, 6) is -0.665. The molecule has 1 aromatic carbocycles. The summed E-state index contributed by atoms with van der Waals surface area (Å²) >= 11 is 16.5. The molecular formula is C12H14Cl3N3O4. The van der Waals surface area contributed by atoms with Crippen molar-refractivity contribution in [3.8, 4) is 0 Å². The van der Waals surface area contributed by atoms with E-state index >= 15 is 0 Å². The Morgan fingerprint density at radius 3 is 2.32 bits per heavy atom. The van der Waals surface area contributed by atoms with Crippen molar-refractivity contribution in [1.82, 2.24) is 0 Å². The Labute approximate surface area is 142 Å². The Morgan fingerprint density at radius 2 is 1.82 bits per heavy atom. The van der Waals surface area contributed by atoms with Crippen molar-refractivity contribution in [1.29, 1.82) is 0 Å². The SMILES string of the molecule is COC(=O)c1cc(N(C)C(=O)OCC(Cl)(Cl)Cl)c(N)cc1N. The number of methoxy groups -OCH3 is 1. The van der Waals surface area contributed by atoms with Crippen LogP contribution in [0.3, 0.4) is 0 Å². The molecule has 0 aliphatic carbocycles. The zero-order chi connectivity index (χ0) is 17.1. The summed E-state index contributed by atoms with van der Waals surface area (Å²) in [6.07, 6.45) is -0.821. The molecule has 4 N–H and O–H groups in total. The molecule has 1 amide bonds. The summed E-state index contributed by atoms with van der Waals surface area (Å²) in [6, 6.07) is 2.65. The van der Waals surface area contributed by atoms with Gasteiger partial charge >= 0.3 is 12.1 Å². The molecule has 1 rings (SSSR count). The Morgan fingerprint density at radius 1 is 1.23 bits per heavy atom. The highest BCUT2D eigenvalue weighted by atomic mass is 35.6. The average molecular weight is 371 g/mol. The quantitative estimate of drug-likeness (QED) is 0.481. The number of amides is 1. The molecule has 0 saturated carbocycles. The molecule has 122 valence electrons. The second-order valence-electron chi connectivity index (χ2n) is 4.22. The number of esters is 1. The zero-order valence-electron chi connectivity index (χ0n) is 11.7. The van der Waals surface area contributed by atoms with Gasteiger partial charge in [-0.1, -0.05) is 34.8 Å². The number of hydrogen-bond acceptors (Lipinski definition) is 6. The number of benzene rings is 1. The summed E-state index contributed by atoms with van der Waals surface area (Å²) in [6.45, 7) is -0.445. The standard InChI is InChI=1S/C12H14Cl3N3O4/c1-18(11(20)22-5-12(13,14)15)9-3-6(10(19)21-2)7(16)4-8(9)17/h3-4H,5,16-17H2,1-2H3. The highest BCUT2D eigenvalue weighted by Gasteiger charge is 2.25. The fourth-order valence-electron chi connectivity index (χ4n) is 1.54. The number of nitrogens with zero attached hydrogens (tertiary/aromatic N) is 1. The second-order valence-corrected chi connectivity index (χ2v) is 6.73. The first kappa shape index (κ1) is 18.5. The van der Waals surface area contributed by atoms with Gasteiger partial charge in [0.1, 0.15) is 6.61 Å². The molecule has 0 saturated heterocycles. The van der Waals surface area contributed by atoms with Crippen LogP contribution in [0.15, 0.2) is 12.1 Å². The predicted molar refractivity (Wildman–Crippen MR) is 86.6 cm³/mol. The van der Waals surface area contributed by atoms with E-state index in [1.807, 2.05) is 0 Å². The van der Waals surface area contributed by atoms with E-state index in [-0.39, 0.29) is 22.6 Å². The number of nitrogen functional groups attached to an aromatic ring is 2. The van der Waals surface area contributed by atoms with Crippen LogP contribution in [-0.4, -0.2) is 36.6 Å². The molecule has 7 nitrogen and oxygen atoms in total. The minimum atomic E-state index is -1.74. The Kier molecular flexibility index (Phi) is 5.99. The first-order chi connectivity index (χ1) is 10.1. The summed E-state index contributed by atoms with van der Waals surface area (Å²) in [5, 5.41) is 0. The van der Waals surface area contributed by atoms with E-state index in [0.29, 0.717) is 0 Å². The number of hydrogen-bond donors (Lipinski definition) is 2. The number of rotatable bonds is 3. The molecule has 0 fully saturated rings. The number of ether oxygens (including phenoxy) is 2. The normalized spacial score (nSPS) is 11.0. The molecule has 0 atom stereocenters. The van der Waals surface area contributed by atoms with Crippen LogP contribution in [0.25, 0.3) is 0 Å². The summed E-state index contributed by atoms with van der Waals surface area (Å²) in [4.78, 5) is 24.6. The van der Waals surface area contributed by atoms with Gasteiger partial charge in [-0.05, 0) is 12.1 Å². The van der Waals surface area contributed by atoms with Crippen molar-refractivity contribution in [2.45, 2.75) is 3.79 Å². The van der Waals surface area contributed by atoms with Gasteiger partial charge in [-0.25, -0.2) is 9.59 Å². The van der Waals surface area contributed by atoms with Crippen LogP contribution < -0.4 is 16.4 Å². The maximum absolute atomic E-state index is 11.9. The lowest BCUT2D eigenvalue weighted by molar-refractivity contribution is 0.0602. The van der Waals surface area contributed by atoms with Crippen molar-refractivity contribution in [3.63, 3.8) is 0 Å². The van der Waals surface area contributed by atoms with E-state index in [4.69, 9.17) is 51.0 Å². The minimum Gasteiger partial charge on any atom is -0.465 e. The molecule has 0 heterocycles. The highest BCUT2D eigenvalue weighted by Crippen LogP contribution is 2.30. The van der Waals surface area contributed by atoms with Crippen LogP contribution >= 0.6 is 34.8 Å². The van der Waals surface area contributed by atoms with Crippen LogP contribution in [0.4, 0.5) is 21.9 Å². The van der Waals surface area contributed by atoms with Crippen LogP contribution in [0.1, 0.15) is 10.4 Å². The second kappa shape index (κ2) is 7.13. The fourth-order valence-corrected chi connectivity index (χ4v) is 1.70. The topological polar surface area (TPSA) is 108 Å². The Hall–Kier alpha value is -1.57. The van der Waals surface area contributed by atoms with Gasteiger partial charge in [0.2, 0.25) is 3.79 Å². The number of nitrogens with two attached hydrogens (primary N) is 2. The lowest BCUT2D eigenvalue weighted by Crippen LogP contribution is -2.31. The van der Waals surface area contributed by atoms with E-state index in [9.17, 15) is 9.59 Å². The van der Waals surface area contributed by atoms with Crippen molar-refractivity contribution >= 4 is 63.9 Å². The molecule has 10 heteroatoms. The van der Waals surface area contributed by atoms with Gasteiger partial charge in [0.25, 0.3) is 0 Å². The van der Waals surface area contributed by atoms with Crippen LogP contribution in [0.5, 0.6) is 0 Å². The molecule has 1 aromatic rings. The predicted octanol–water partition coefficient (Wildman–Crippen LogP) is 2.58. The number of halogens is 3. The Bertz CT molecular complexity index is 590. The maximum Gasteiger partial charge on any atom is 0.414 e. The van der Waals surface area contributed by atoms with E-state index in [2.05, 4.69) is 4.74 Å². The van der Waals surface area contributed by atoms with E-state index < -0.39 is 22.5 Å². The van der Waals surface area contributed by atoms with Crippen molar-refractivity contribution < 1.29 is 19.1 Å². The smallest absolute Gasteiger partial charge is 0.414 e. The third kappa shape index (κ3) is 4.72. The molecule has 0 spiro atoms. The molecule has 0 unspecified atom stereocenters. The summed E-state index contributed by atoms with van der Waals surface area (Å²) in [5.41, 5.74) is 12.0. The molecule has 22 heavy (non-hydrogen) atoms. The van der Waals surface area contributed by atoms with Crippen LogP contribution in [-0.2, 0) is 9.47 Å². The van der Waals surface area contributed by atoms with Gasteiger partial charge in [0.05, 0.1) is 24.0 Å². The molecule has 0 radical (unpaired) electrons. The fraction of sp³-hybridized carbons (Fsp3) is 0.333. The van der Waals surface area contributed by atoms with Gasteiger partial charge in [-0.15, -0.1) is 0 Å². The van der Waals surface area contributed by atoms with Crippen LogP contribution in [0, 0.1) is 0 Å². The average Bonchev–Trinajstić information content (AvgIpc) is 2.42. The van der Waals surface area contributed by atoms with E-state index in [1.54, 1.807) is 0 Å². The molecular weight excluding hydrogens is 357 g/mol. The van der Waals surface area contributed by atoms with Crippen molar-refractivity contribution in [3.05, 3.63) is 17.7 Å². The lowest BCUT2D eigenvalue weighted by atomic mass is 10.1. The van der Waals surface area contributed by atoms with Gasteiger partial charge in [0.15, 0.2) is 0 Å². The van der Waals surface area contributed by atoms with E-state index in [1.165, 1.54) is 26.3 Å². The zero-order valence-corrected chi connectivity index (χ0v) is 14.0. The maximum atomic E-state index is 11.9. The van der Waals surface area contributed by atoms with E-state index in [0.717, 1.165) is 4.90 Å². The highest BCUT2D eigenvalue weighted by molar-refractivity contribution is 6.67.